The highest BCUT2D eigenvalue weighted by Crippen LogP contribution is 2.34. The molecule has 188 valence electrons. The first-order valence-electron chi connectivity index (χ1n) is 12.7. The lowest BCUT2D eigenvalue weighted by molar-refractivity contribution is -0.148. The number of carbonyl (C=O) groups is 2. The number of benzene rings is 1. The summed E-state index contributed by atoms with van der Waals surface area (Å²) in [7, 11) is 0. The Morgan fingerprint density at radius 1 is 0.909 bits per heavy atom. The second-order valence-electron chi connectivity index (χ2n) is 12.3. The van der Waals surface area contributed by atoms with E-state index in [0.717, 1.165) is 31.2 Å². The Balaban J connectivity index is 3.01. The van der Waals surface area contributed by atoms with E-state index in [9.17, 15) is 9.59 Å². The van der Waals surface area contributed by atoms with Gasteiger partial charge in [-0.2, -0.15) is 0 Å². The molecule has 1 aromatic carbocycles. The van der Waals surface area contributed by atoms with E-state index in [1.807, 2.05) is 30.3 Å². The zero-order valence-electron chi connectivity index (χ0n) is 22.7. The van der Waals surface area contributed by atoms with E-state index in [2.05, 4.69) is 60.7 Å². The molecule has 0 bridgehead atoms. The number of hydrogen-bond acceptors (Lipinski definition) is 3. The van der Waals surface area contributed by atoms with Crippen molar-refractivity contribution in [1.82, 2.24) is 5.32 Å². The maximum Gasteiger partial charge on any atom is 0.328 e. The lowest BCUT2D eigenvalue weighted by Crippen LogP contribution is -2.47. The van der Waals surface area contributed by atoms with Crippen molar-refractivity contribution < 1.29 is 14.3 Å². The molecule has 0 aliphatic heterocycles. The molecule has 4 atom stereocenters. The molecular formula is C29H49NO3. The van der Waals surface area contributed by atoms with Gasteiger partial charge in [-0.05, 0) is 60.8 Å². The van der Waals surface area contributed by atoms with Gasteiger partial charge in [-0.15, -0.1) is 0 Å². The Labute approximate surface area is 203 Å². The van der Waals surface area contributed by atoms with Crippen LogP contribution in [0.15, 0.2) is 30.3 Å². The number of ether oxygens (including phenoxy) is 1. The second kappa shape index (κ2) is 13.2. The lowest BCUT2D eigenvalue weighted by atomic mass is 9.75. The average molecular weight is 460 g/mol. The van der Waals surface area contributed by atoms with Gasteiger partial charge in [0.15, 0.2) is 0 Å². The number of carbonyl (C=O) groups excluding carboxylic acids is 2. The van der Waals surface area contributed by atoms with E-state index in [-0.39, 0.29) is 34.5 Å². The maximum absolute atomic E-state index is 13.6. The zero-order valence-corrected chi connectivity index (χ0v) is 22.7. The quantitative estimate of drug-likeness (QED) is 0.349. The number of hydrogen-bond donors (Lipinski definition) is 1. The van der Waals surface area contributed by atoms with Crippen LogP contribution in [-0.4, -0.2) is 24.5 Å². The van der Waals surface area contributed by atoms with Gasteiger partial charge in [-0.1, -0.05) is 85.7 Å². The van der Waals surface area contributed by atoms with Crippen molar-refractivity contribution in [3.05, 3.63) is 35.9 Å². The van der Waals surface area contributed by atoms with Crippen LogP contribution in [0.4, 0.5) is 0 Å². The highest BCUT2D eigenvalue weighted by molar-refractivity contribution is 5.86. The molecule has 0 saturated carbocycles. The van der Waals surface area contributed by atoms with E-state index in [4.69, 9.17) is 4.74 Å². The molecule has 0 aromatic heterocycles. The van der Waals surface area contributed by atoms with Gasteiger partial charge in [0.1, 0.15) is 6.04 Å². The minimum Gasteiger partial charge on any atom is -0.464 e. The predicted molar refractivity (Wildman–Crippen MR) is 138 cm³/mol. The normalized spacial score (nSPS) is 15.9. The first-order chi connectivity index (χ1) is 15.2. The molecule has 1 aromatic rings. The number of rotatable bonds is 12. The molecule has 1 amide bonds. The molecule has 1 rings (SSSR count). The van der Waals surface area contributed by atoms with E-state index in [0.29, 0.717) is 18.9 Å². The van der Waals surface area contributed by atoms with Crippen LogP contribution in [0.2, 0.25) is 0 Å². The van der Waals surface area contributed by atoms with Crippen molar-refractivity contribution in [2.75, 3.05) is 6.61 Å². The van der Waals surface area contributed by atoms with Gasteiger partial charge in [-0.3, -0.25) is 4.79 Å². The third-order valence-corrected chi connectivity index (χ3v) is 6.06. The first-order valence-corrected chi connectivity index (χ1v) is 12.7. The fourth-order valence-electron chi connectivity index (χ4n) is 4.96. The Morgan fingerprint density at radius 3 is 2.00 bits per heavy atom. The third kappa shape index (κ3) is 12.3. The van der Waals surface area contributed by atoms with Gasteiger partial charge in [0.05, 0.1) is 6.61 Å². The van der Waals surface area contributed by atoms with Gasteiger partial charge in [0.25, 0.3) is 0 Å². The highest BCUT2D eigenvalue weighted by Gasteiger charge is 2.32. The first kappa shape index (κ1) is 29.2. The minimum absolute atomic E-state index is 0.0244. The van der Waals surface area contributed by atoms with Gasteiger partial charge in [0.2, 0.25) is 5.91 Å². The standard InChI is InChI=1S/C29H49NO3/c1-10-33-27(32)25(18-23-14-12-11-13-15-23)30-26(31)24(22(3)20-29(7,8)9)17-16-21(2)19-28(4,5)6/h11-15,21-22,24-25H,10,16-20H2,1-9H3,(H,30,31)/t21?,22?,24?,25-/m0/s1. The minimum atomic E-state index is -0.670. The second-order valence-corrected chi connectivity index (χ2v) is 12.3. The highest BCUT2D eigenvalue weighted by atomic mass is 16.5. The topological polar surface area (TPSA) is 55.4 Å². The van der Waals surface area contributed by atoms with Crippen LogP contribution >= 0.6 is 0 Å². The van der Waals surface area contributed by atoms with Crippen molar-refractivity contribution in [3.8, 4) is 0 Å². The molecule has 0 radical (unpaired) electrons. The van der Waals surface area contributed by atoms with Crippen LogP contribution in [0.3, 0.4) is 0 Å². The largest absolute Gasteiger partial charge is 0.464 e. The molecule has 4 heteroatoms. The van der Waals surface area contributed by atoms with Crippen LogP contribution in [0.25, 0.3) is 0 Å². The molecule has 0 spiro atoms. The SMILES string of the molecule is CCOC(=O)[C@H](Cc1ccccc1)NC(=O)C(CCC(C)CC(C)(C)C)C(C)CC(C)(C)C. The Kier molecular flexibility index (Phi) is 11.6. The summed E-state index contributed by atoms with van der Waals surface area (Å²) >= 11 is 0. The fraction of sp³-hybridized carbons (Fsp3) is 0.724. The fourth-order valence-corrected chi connectivity index (χ4v) is 4.96. The summed E-state index contributed by atoms with van der Waals surface area (Å²) in [5, 5.41) is 3.08. The number of nitrogens with one attached hydrogen (secondary N) is 1. The molecule has 0 saturated heterocycles. The average Bonchev–Trinajstić information content (AvgIpc) is 2.65. The Bertz CT molecular complexity index is 715. The predicted octanol–water partition coefficient (Wildman–Crippen LogP) is 6.82. The van der Waals surface area contributed by atoms with Crippen molar-refractivity contribution >= 4 is 11.9 Å². The van der Waals surface area contributed by atoms with Gasteiger partial charge < -0.3 is 10.1 Å². The van der Waals surface area contributed by atoms with Crippen LogP contribution in [0.5, 0.6) is 0 Å². The van der Waals surface area contributed by atoms with Gasteiger partial charge in [0, 0.05) is 12.3 Å². The van der Waals surface area contributed by atoms with Crippen LogP contribution in [0, 0.1) is 28.6 Å². The summed E-state index contributed by atoms with van der Waals surface area (Å²) in [4.78, 5) is 26.2. The summed E-state index contributed by atoms with van der Waals surface area (Å²) < 4.78 is 5.30. The summed E-state index contributed by atoms with van der Waals surface area (Å²) in [6, 6.07) is 9.13. The van der Waals surface area contributed by atoms with E-state index >= 15 is 0 Å². The van der Waals surface area contributed by atoms with Crippen molar-refractivity contribution in [3.63, 3.8) is 0 Å². The van der Waals surface area contributed by atoms with Gasteiger partial charge >= 0.3 is 5.97 Å². The molecule has 0 aliphatic rings. The Hall–Kier alpha value is -1.84. The molecular weight excluding hydrogens is 410 g/mol. The maximum atomic E-state index is 13.6. The molecule has 0 fully saturated rings. The molecule has 33 heavy (non-hydrogen) atoms. The lowest BCUT2D eigenvalue weighted by Gasteiger charge is -2.31. The summed E-state index contributed by atoms with van der Waals surface area (Å²) in [6.07, 6.45) is 4.37. The molecule has 4 nitrogen and oxygen atoms in total. The number of esters is 1. The van der Waals surface area contributed by atoms with Crippen molar-refractivity contribution in [2.45, 2.75) is 100 Å². The summed E-state index contributed by atoms with van der Waals surface area (Å²) in [5.41, 5.74) is 1.42. The smallest absolute Gasteiger partial charge is 0.328 e. The third-order valence-electron chi connectivity index (χ3n) is 6.06. The molecule has 1 N–H and O–H groups in total. The monoisotopic (exact) mass is 459 g/mol. The molecule has 0 heterocycles. The zero-order chi connectivity index (χ0) is 25.2. The van der Waals surface area contributed by atoms with Crippen LogP contribution < -0.4 is 5.32 Å². The Morgan fingerprint density at radius 2 is 1.48 bits per heavy atom. The van der Waals surface area contributed by atoms with Gasteiger partial charge in [-0.25, -0.2) is 4.79 Å². The van der Waals surface area contributed by atoms with Crippen LogP contribution in [0.1, 0.15) is 93.6 Å². The van der Waals surface area contributed by atoms with Crippen molar-refractivity contribution in [2.24, 2.45) is 28.6 Å². The summed E-state index contributed by atoms with van der Waals surface area (Å²) in [6.45, 7) is 20.0. The van der Waals surface area contributed by atoms with Crippen LogP contribution in [-0.2, 0) is 20.7 Å². The van der Waals surface area contributed by atoms with E-state index in [1.54, 1.807) is 6.92 Å². The number of amides is 1. The summed E-state index contributed by atoms with van der Waals surface area (Å²) in [5.74, 6) is 0.264. The van der Waals surface area contributed by atoms with Crippen molar-refractivity contribution in [1.29, 1.82) is 0 Å². The van der Waals surface area contributed by atoms with E-state index < -0.39 is 6.04 Å². The van der Waals surface area contributed by atoms with E-state index in [1.165, 1.54) is 0 Å². The molecule has 3 unspecified atom stereocenters. The molecule has 0 aliphatic carbocycles.